The van der Waals surface area contributed by atoms with Crippen molar-refractivity contribution >= 4 is 33.4 Å². The molecule has 110 valence electrons. The summed E-state index contributed by atoms with van der Waals surface area (Å²) in [7, 11) is 0. The number of hydrogen-bond donors (Lipinski definition) is 1. The number of rotatable bonds is 3. The van der Waals surface area contributed by atoms with Gasteiger partial charge in [0.1, 0.15) is 0 Å². The van der Waals surface area contributed by atoms with Crippen LogP contribution >= 0.6 is 27.7 Å². The zero-order chi connectivity index (χ0) is 14.7. The van der Waals surface area contributed by atoms with Gasteiger partial charge in [0.15, 0.2) is 11.5 Å². The molecule has 0 saturated heterocycles. The van der Waals surface area contributed by atoms with Gasteiger partial charge in [-0.15, -0.1) is 11.8 Å². The average molecular weight is 366 g/mol. The van der Waals surface area contributed by atoms with Crippen LogP contribution < -0.4 is 15.2 Å². The van der Waals surface area contributed by atoms with Crippen molar-refractivity contribution in [2.24, 2.45) is 0 Å². The van der Waals surface area contributed by atoms with E-state index in [0.717, 1.165) is 45.3 Å². The Kier molecular flexibility index (Phi) is 4.60. The maximum atomic E-state index is 5.86. The smallest absolute Gasteiger partial charge is 0.162 e. The number of nitrogens with two attached hydrogens (primary N) is 1. The van der Waals surface area contributed by atoms with Gasteiger partial charge in [0.2, 0.25) is 0 Å². The molecule has 0 atom stereocenters. The number of ether oxygens (including phenoxy) is 2. The zero-order valence-electron chi connectivity index (χ0n) is 11.5. The van der Waals surface area contributed by atoms with Gasteiger partial charge in [-0.05, 0) is 42.0 Å². The Morgan fingerprint density at radius 3 is 2.67 bits per heavy atom. The number of anilines is 1. The molecule has 1 heterocycles. The van der Waals surface area contributed by atoms with E-state index in [9.17, 15) is 0 Å². The van der Waals surface area contributed by atoms with Gasteiger partial charge in [0, 0.05) is 27.2 Å². The third-order valence-corrected chi connectivity index (χ3v) is 4.63. The van der Waals surface area contributed by atoms with Crippen LogP contribution in [0.4, 0.5) is 5.69 Å². The summed E-state index contributed by atoms with van der Waals surface area (Å²) in [6.07, 6.45) is 0.925. The fraction of sp³-hybridized carbons (Fsp3) is 0.250. The second-order valence-corrected chi connectivity index (χ2v) is 6.80. The third-order valence-electron chi connectivity index (χ3n) is 3.10. The maximum absolute atomic E-state index is 5.86. The van der Waals surface area contributed by atoms with Crippen LogP contribution in [-0.4, -0.2) is 13.2 Å². The minimum atomic E-state index is 0.712. The lowest BCUT2D eigenvalue weighted by atomic mass is 10.2. The summed E-state index contributed by atoms with van der Waals surface area (Å²) < 4.78 is 12.4. The second-order valence-electron chi connectivity index (χ2n) is 4.84. The SMILES string of the molecule is Nc1cc(Br)cc(CSc2ccc3c(c2)OCCCO3)c1. The summed E-state index contributed by atoms with van der Waals surface area (Å²) in [4.78, 5) is 1.16. The molecule has 2 N–H and O–H groups in total. The largest absolute Gasteiger partial charge is 0.490 e. The van der Waals surface area contributed by atoms with E-state index < -0.39 is 0 Å². The minimum absolute atomic E-state index is 0.712. The molecular formula is C16H16BrNO2S. The van der Waals surface area contributed by atoms with Crippen molar-refractivity contribution < 1.29 is 9.47 Å². The molecule has 0 unspecified atom stereocenters. The molecule has 1 aliphatic heterocycles. The Labute approximate surface area is 137 Å². The molecule has 0 saturated carbocycles. The van der Waals surface area contributed by atoms with Crippen LogP contribution in [0.25, 0.3) is 0 Å². The quantitative estimate of drug-likeness (QED) is 0.642. The van der Waals surface area contributed by atoms with E-state index in [4.69, 9.17) is 15.2 Å². The molecule has 0 aliphatic carbocycles. The van der Waals surface area contributed by atoms with Crippen LogP contribution in [0.3, 0.4) is 0 Å². The van der Waals surface area contributed by atoms with E-state index in [0.29, 0.717) is 6.61 Å². The molecule has 1 aliphatic rings. The van der Waals surface area contributed by atoms with Crippen LogP contribution in [0.15, 0.2) is 45.8 Å². The molecule has 2 aromatic carbocycles. The van der Waals surface area contributed by atoms with E-state index in [1.54, 1.807) is 11.8 Å². The predicted molar refractivity (Wildman–Crippen MR) is 90.2 cm³/mol. The van der Waals surface area contributed by atoms with E-state index in [1.165, 1.54) is 5.56 Å². The monoisotopic (exact) mass is 365 g/mol. The summed E-state index contributed by atoms with van der Waals surface area (Å²) in [6, 6.07) is 12.1. The van der Waals surface area contributed by atoms with Gasteiger partial charge in [0.25, 0.3) is 0 Å². The molecule has 2 aromatic rings. The maximum Gasteiger partial charge on any atom is 0.162 e. The molecule has 5 heteroatoms. The lowest BCUT2D eigenvalue weighted by molar-refractivity contribution is 0.297. The normalized spacial score (nSPS) is 13.8. The Morgan fingerprint density at radius 1 is 1.05 bits per heavy atom. The summed E-state index contributed by atoms with van der Waals surface area (Å²) >= 11 is 5.23. The molecule has 21 heavy (non-hydrogen) atoms. The lowest BCUT2D eigenvalue weighted by Gasteiger charge is -2.09. The standard InChI is InChI=1S/C16H16BrNO2S/c17-12-6-11(7-13(18)8-12)10-21-14-2-3-15-16(9-14)20-5-1-4-19-15/h2-3,6-9H,1,4-5,10,18H2. The van der Waals surface area contributed by atoms with Crippen LogP contribution in [-0.2, 0) is 5.75 Å². The van der Waals surface area contributed by atoms with Gasteiger partial charge in [-0.1, -0.05) is 15.9 Å². The molecule has 0 bridgehead atoms. The summed E-state index contributed by atoms with van der Waals surface area (Å²) in [5, 5.41) is 0. The summed E-state index contributed by atoms with van der Waals surface area (Å²) in [5.41, 5.74) is 7.83. The Hall–Kier alpha value is -1.33. The van der Waals surface area contributed by atoms with Crippen LogP contribution in [0.1, 0.15) is 12.0 Å². The van der Waals surface area contributed by atoms with Gasteiger partial charge >= 0.3 is 0 Å². The third kappa shape index (κ3) is 3.86. The van der Waals surface area contributed by atoms with Gasteiger partial charge in [-0.25, -0.2) is 0 Å². The molecule has 0 aromatic heterocycles. The van der Waals surface area contributed by atoms with Gasteiger partial charge in [0.05, 0.1) is 13.2 Å². The van der Waals surface area contributed by atoms with Gasteiger partial charge in [-0.2, -0.15) is 0 Å². The van der Waals surface area contributed by atoms with Crippen LogP contribution in [0.2, 0.25) is 0 Å². The molecule has 0 amide bonds. The van der Waals surface area contributed by atoms with Crippen molar-refractivity contribution in [3.63, 3.8) is 0 Å². The first-order valence-corrected chi connectivity index (χ1v) is 8.56. The molecular weight excluding hydrogens is 350 g/mol. The van der Waals surface area contributed by atoms with E-state index >= 15 is 0 Å². The number of benzene rings is 2. The Bertz CT molecular complexity index is 628. The highest BCUT2D eigenvalue weighted by Crippen LogP contribution is 2.35. The van der Waals surface area contributed by atoms with Crippen molar-refractivity contribution in [1.29, 1.82) is 0 Å². The molecule has 3 nitrogen and oxygen atoms in total. The first kappa shape index (κ1) is 14.6. The zero-order valence-corrected chi connectivity index (χ0v) is 13.9. The minimum Gasteiger partial charge on any atom is -0.490 e. The molecule has 0 fully saturated rings. The number of fused-ring (bicyclic) bond motifs is 1. The Balaban J connectivity index is 1.71. The van der Waals surface area contributed by atoms with Crippen molar-refractivity contribution in [3.8, 4) is 11.5 Å². The highest BCUT2D eigenvalue weighted by atomic mass is 79.9. The fourth-order valence-electron chi connectivity index (χ4n) is 2.16. The van der Waals surface area contributed by atoms with Gasteiger partial charge in [-0.3, -0.25) is 0 Å². The number of thioether (sulfide) groups is 1. The van der Waals surface area contributed by atoms with Crippen molar-refractivity contribution in [3.05, 3.63) is 46.4 Å². The number of hydrogen-bond acceptors (Lipinski definition) is 4. The summed E-state index contributed by atoms with van der Waals surface area (Å²) in [5.74, 6) is 2.54. The van der Waals surface area contributed by atoms with Crippen molar-refractivity contribution in [1.82, 2.24) is 0 Å². The predicted octanol–water partition coefficient (Wildman–Crippen LogP) is 4.48. The van der Waals surface area contributed by atoms with Gasteiger partial charge < -0.3 is 15.2 Å². The fourth-order valence-corrected chi connectivity index (χ4v) is 3.57. The summed E-state index contributed by atoms with van der Waals surface area (Å²) in [6.45, 7) is 1.43. The van der Waals surface area contributed by atoms with Crippen LogP contribution in [0, 0.1) is 0 Å². The van der Waals surface area contributed by atoms with Crippen molar-refractivity contribution in [2.75, 3.05) is 18.9 Å². The van der Waals surface area contributed by atoms with E-state index in [-0.39, 0.29) is 0 Å². The van der Waals surface area contributed by atoms with E-state index in [2.05, 4.69) is 28.1 Å². The molecule has 3 rings (SSSR count). The van der Waals surface area contributed by atoms with Crippen LogP contribution in [0.5, 0.6) is 11.5 Å². The molecule has 0 radical (unpaired) electrons. The first-order valence-electron chi connectivity index (χ1n) is 6.78. The highest BCUT2D eigenvalue weighted by Gasteiger charge is 2.11. The lowest BCUT2D eigenvalue weighted by Crippen LogP contribution is -1.97. The van der Waals surface area contributed by atoms with Crippen molar-refractivity contribution in [2.45, 2.75) is 17.1 Å². The Morgan fingerprint density at radius 2 is 1.86 bits per heavy atom. The van der Waals surface area contributed by atoms with E-state index in [1.807, 2.05) is 24.3 Å². The molecule has 0 spiro atoms. The highest BCUT2D eigenvalue weighted by molar-refractivity contribution is 9.10. The second kappa shape index (κ2) is 6.62. The topological polar surface area (TPSA) is 44.5 Å². The number of nitrogen functional groups attached to an aromatic ring is 1. The number of halogens is 1. The average Bonchev–Trinajstić information content (AvgIpc) is 2.68. The first-order chi connectivity index (χ1) is 10.2.